The Morgan fingerprint density at radius 3 is 2.40 bits per heavy atom. The van der Waals surface area contributed by atoms with Gasteiger partial charge >= 0.3 is 0 Å². The summed E-state index contributed by atoms with van der Waals surface area (Å²) in [5.74, 6) is 5.37. The third kappa shape index (κ3) is 4.25. The predicted molar refractivity (Wildman–Crippen MR) is 77.0 cm³/mol. The van der Waals surface area contributed by atoms with E-state index >= 15 is 0 Å². The maximum atomic E-state index is 13.7. The van der Waals surface area contributed by atoms with Crippen molar-refractivity contribution in [3.8, 4) is 0 Å². The molecule has 1 aliphatic rings. The van der Waals surface area contributed by atoms with Gasteiger partial charge in [0.1, 0.15) is 11.6 Å². The summed E-state index contributed by atoms with van der Waals surface area (Å²) in [4.78, 5) is 0. The molecule has 0 spiro atoms. The molecule has 1 aromatic carbocycles. The number of nitrogens with two attached hydrogens (primary N) is 1. The molecule has 1 unspecified atom stereocenters. The normalized spacial score (nSPS) is 19.4. The minimum Gasteiger partial charge on any atom is -0.271 e. The van der Waals surface area contributed by atoms with E-state index in [0.29, 0.717) is 17.9 Å². The summed E-state index contributed by atoms with van der Waals surface area (Å²) in [6.07, 6.45) is 8.93. The second-order valence-electron chi connectivity index (χ2n) is 5.82. The van der Waals surface area contributed by atoms with E-state index < -0.39 is 5.82 Å². The lowest BCUT2D eigenvalue weighted by Crippen LogP contribution is -2.43. The fourth-order valence-corrected chi connectivity index (χ4v) is 3.19. The zero-order chi connectivity index (χ0) is 14.4. The number of benzene rings is 1. The average molecular weight is 282 g/mol. The summed E-state index contributed by atoms with van der Waals surface area (Å²) < 4.78 is 27.0. The Bertz CT molecular complexity index is 415. The Balaban J connectivity index is 2.04. The molecule has 0 heterocycles. The van der Waals surface area contributed by atoms with Crippen molar-refractivity contribution >= 4 is 0 Å². The Labute approximate surface area is 119 Å². The third-order valence-corrected chi connectivity index (χ3v) is 4.38. The third-order valence-electron chi connectivity index (χ3n) is 4.38. The van der Waals surface area contributed by atoms with Gasteiger partial charge in [-0.3, -0.25) is 11.3 Å². The van der Waals surface area contributed by atoms with Gasteiger partial charge in [-0.1, -0.05) is 32.1 Å². The van der Waals surface area contributed by atoms with Crippen LogP contribution in [0.4, 0.5) is 8.78 Å². The Hall–Kier alpha value is -1.00. The molecule has 2 nitrogen and oxygen atoms in total. The van der Waals surface area contributed by atoms with Gasteiger partial charge in [0.05, 0.1) is 0 Å². The van der Waals surface area contributed by atoms with Crippen molar-refractivity contribution in [2.45, 2.75) is 57.4 Å². The molecule has 1 saturated carbocycles. The number of rotatable bonds is 4. The molecule has 1 atom stereocenters. The van der Waals surface area contributed by atoms with E-state index in [1.807, 2.05) is 0 Å². The van der Waals surface area contributed by atoms with Crippen molar-refractivity contribution < 1.29 is 8.78 Å². The largest absolute Gasteiger partial charge is 0.271 e. The van der Waals surface area contributed by atoms with Crippen molar-refractivity contribution in [3.05, 3.63) is 35.4 Å². The van der Waals surface area contributed by atoms with Crippen molar-refractivity contribution in [1.29, 1.82) is 0 Å². The highest BCUT2D eigenvalue weighted by Crippen LogP contribution is 2.27. The molecule has 2 rings (SSSR count). The van der Waals surface area contributed by atoms with Crippen LogP contribution in [-0.4, -0.2) is 6.04 Å². The number of nitrogens with one attached hydrogen (secondary N) is 1. The van der Waals surface area contributed by atoms with Crippen molar-refractivity contribution in [1.82, 2.24) is 5.43 Å². The lowest BCUT2D eigenvalue weighted by atomic mass is 9.83. The van der Waals surface area contributed by atoms with Crippen molar-refractivity contribution in [3.63, 3.8) is 0 Å². The first-order valence-electron chi connectivity index (χ1n) is 7.60. The summed E-state index contributed by atoms with van der Waals surface area (Å²) in [6, 6.07) is 3.64. The second-order valence-corrected chi connectivity index (χ2v) is 5.82. The maximum Gasteiger partial charge on any atom is 0.126 e. The van der Waals surface area contributed by atoms with Gasteiger partial charge in [0.2, 0.25) is 0 Å². The van der Waals surface area contributed by atoms with E-state index in [4.69, 9.17) is 5.84 Å². The molecule has 3 N–H and O–H groups in total. The monoisotopic (exact) mass is 282 g/mol. The number of halogens is 2. The topological polar surface area (TPSA) is 38.0 Å². The van der Waals surface area contributed by atoms with Crippen LogP contribution in [0.5, 0.6) is 0 Å². The van der Waals surface area contributed by atoms with E-state index in [0.717, 1.165) is 18.9 Å². The molecule has 112 valence electrons. The van der Waals surface area contributed by atoms with Crippen LogP contribution in [0.25, 0.3) is 0 Å². The van der Waals surface area contributed by atoms with Crippen LogP contribution in [0, 0.1) is 17.6 Å². The smallest absolute Gasteiger partial charge is 0.126 e. The average Bonchev–Trinajstić information content (AvgIpc) is 2.40. The zero-order valence-electron chi connectivity index (χ0n) is 11.9. The highest BCUT2D eigenvalue weighted by Gasteiger charge is 2.22. The van der Waals surface area contributed by atoms with Crippen molar-refractivity contribution in [2.24, 2.45) is 11.8 Å². The molecule has 0 aliphatic heterocycles. The summed E-state index contributed by atoms with van der Waals surface area (Å²) in [5, 5.41) is 0. The van der Waals surface area contributed by atoms with Crippen LogP contribution in [0.1, 0.15) is 50.5 Å². The van der Waals surface area contributed by atoms with Gasteiger partial charge in [-0.25, -0.2) is 8.78 Å². The van der Waals surface area contributed by atoms with Crippen LogP contribution >= 0.6 is 0 Å². The fourth-order valence-electron chi connectivity index (χ4n) is 3.19. The summed E-state index contributed by atoms with van der Waals surface area (Å²) in [6.45, 7) is 0. The van der Waals surface area contributed by atoms with E-state index in [9.17, 15) is 8.78 Å². The quantitative estimate of drug-likeness (QED) is 0.653. The first kappa shape index (κ1) is 15.4. The minimum atomic E-state index is -0.394. The predicted octanol–water partition coefficient (Wildman–Crippen LogP) is 3.70. The highest BCUT2D eigenvalue weighted by molar-refractivity contribution is 5.20. The Morgan fingerprint density at radius 1 is 1.10 bits per heavy atom. The molecule has 1 aromatic rings. The fraction of sp³-hybridized carbons (Fsp3) is 0.625. The molecule has 0 radical (unpaired) electrons. The zero-order valence-corrected chi connectivity index (χ0v) is 11.9. The minimum absolute atomic E-state index is 0.0180. The summed E-state index contributed by atoms with van der Waals surface area (Å²) in [7, 11) is 0. The van der Waals surface area contributed by atoms with Gasteiger partial charge in [-0.15, -0.1) is 0 Å². The molecule has 0 saturated heterocycles. The maximum absolute atomic E-state index is 13.7. The number of hydrogen-bond acceptors (Lipinski definition) is 2. The molecular formula is C16H24F2N2. The van der Waals surface area contributed by atoms with Crippen LogP contribution < -0.4 is 11.3 Å². The van der Waals surface area contributed by atoms with E-state index in [1.165, 1.54) is 44.2 Å². The van der Waals surface area contributed by atoms with Crippen LogP contribution in [0.2, 0.25) is 0 Å². The molecular weight excluding hydrogens is 258 g/mol. The van der Waals surface area contributed by atoms with Gasteiger partial charge in [0.15, 0.2) is 0 Å². The van der Waals surface area contributed by atoms with Crippen molar-refractivity contribution in [2.75, 3.05) is 0 Å². The second kappa shape index (κ2) is 7.70. The molecule has 20 heavy (non-hydrogen) atoms. The summed E-state index contributed by atoms with van der Waals surface area (Å²) in [5.41, 5.74) is 3.24. The van der Waals surface area contributed by atoms with Crippen LogP contribution in [-0.2, 0) is 6.42 Å². The molecule has 1 fully saturated rings. The first-order valence-corrected chi connectivity index (χ1v) is 7.60. The van der Waals surface area contributed by atoms with E-state index in [2.05, 4.69) is 5.43 Å². The van der Waals surface area contributed by atoms with Gasteiger partial charge < -0.3 is 0 Å². The molecule has 0 aromatic heterocycles. The Morgan fingerprint density at radius 2 is 1.75 bits per heavy atom. The standard InChI is InChI=1S/C16H24F2N2/c17-14-8-9-15(18)13(10-14)11-16(20-19)12-6-4-2-1-3-5-7-12/h8-10,12,16,20H,1-7,11,19H2. The number of hydrazine groups is 1. The molecule has 4 heteroatoms. The van der Waals surface area contributed by atoms with Gasteiger partial charge in [-0.2, -0.15) is 0 Å². The Kier molecular flexibility index (Phi) is 5.92. The molecule has 0 amide bonds. The van der Waals surface area contributed by atoms with Crippen LogP contribution in [0.3, 0.4) is 0 Å². The molecule has 1 aliphatic carbocycles. The van der Waals surface area contributed by atoms with E-state index in [-0.39, 0.29) is 11.9 Å². The van der Waals surface area contributed by atoms with Gasteiger partial charge in [-0.05, 0) is 48.9 Å². The van der Waals surface area contributed by atoms with Crippen LogP contribution in [0.15, 0.2) is 18.2 Å². The number of hydrogen-bond donors (Lipinski definition) is 2. The SMILES string of the molecule is NNC(Cc1cc(F)ccc1F)C1CCCCCCC1. The molecule has 0 bridgehead atoms. The lowest BCUT2D eigenvalue weighted by molar-refractivity contribution is 0.283. The lowest BCUT2D eigenvalue weighted by Gasteiger charge is -2.28. The van der Waals surface area contributed by atoms with E-state index in [1.54, 1.807) is 0 Å². The van der Waals surface area contributed by atoms with Gasteiger partial charge in [0, 0.05) is 6.04 Å². The first-order chi connectivity index (χ1) is 9.70. The highest BCUT2D eigenvalue weighted by atomic mass is 19.1. The summed E-state index contributed by atoms with van der Waals surface area (Å²) >= 11 is 0. The van der Waals surface area contributed by atoms with Gasteiger partial charge in [0.25, 0.3) is 0 Å².